The lowest BCUT2D eigenvalue weighted by atomic mass is 10.1. The summed E-state index contributed by atoms with van der Waals surface area (Å²) in [4.78, 5) is 4.46. The van der Waals surface area contributed by atoms with Crippen LogP contribution in [0.15, 0.2) is 30.3 Å². The first-order valence-corrected chi connectivity index (χ1v) is 7.72. The number of aromatic nitrogens is 2. The van der Waals surface area contributed by atoms with Crippen molar-refractivity contribution >= 4 is 0 Å². The Bertz CT molecular complexity index is 631. The van der Waals surface area contributed by atoms with Crippen LogP contribution in [0.4, 0.5) is 0 Å². The minimum atomic E-state index is -1.20. The maximum Gasteiger partial charge on any atom is 0.147 e. The molecule has 0 aliphatic rings. The van der Waals surface area contributed by atoms with E-state index >= 15 is 0 Å². The van der Waals surface area contributed by atoms with E-state index in [9.17, 15) is 10.2 Å². The van der Waals surface area contributed by atoms with Gasteiger partial charge < -0.3 is 25.3 Å². The first-order chi connectivity index (χ1) is 10.8. The fourth-order valence-electron chi connectivity index (χ4n) is 2.49. The van der Waals surface area contributed by atoms with Crippen LogP contribution < -0.4 is 5.73 Å². The molecule has 1 heterocycles. The average molecular weight is 319 g/mol. The molecular weight excluding hydrogens is 294 g/mol. The minimum absolute atomic E-state index is 0.291. The maximum atomic E-state index is 10.3. The molecule has 126 valence electrons. The Labute approximate surface area is 136 Å². The van der Waals surface area contributed by atoms with E-state index in [2.05, 4.69) is 4.98 Å². The third-order valence-corrected chi connectivity index (χ3v) is 3.38. The van der Waals surface area contributed by atoms with Crippen LogP contribution >= 0.6 is 0 Å². The number of hydrogen-bond acceptors (Lipinski definition) is 5. The van der Waals surface area contributed by atoms with Crippen LogP contribution in [-0.4, -0.2) is 32.0 Å². The quantitative estimate of drug-likeness (QED) is 0.677. The van der Waals surface area contributed by atoms with Gasteiger partial charge in [0.2, 0.25) is 0 Å². The van der Waals surface area contributed by atoms with Crippen LogP contribution in [0.3, 0.4) is 0 Å². The normalized spacial score (nSPS) is 13.3. The van der Waals surface area contributed by atoms with E-state index in [4.69, 9.17) is 10.5 Å². The molecule has 0 aliphatic heterocycles. The molecule has 1 unspecified atom stereocenters. The largest absolute Gasteiger partial charge is 0.389 e. The molecular formula is C17H25N3O3. The van der Waals surface area contributed by atoms with Crippen molar-refractivity contribution in [2.75, 3.05) is 6.61 Å². The van der Waals surface area contributed by atoms with E-state index in [1.807, 2.05) is 41.8 Å². The van der Waals surface area contributed by atoms with Gasteiger partial charge in [-0.1, -0.05) is 30.3 Å². The summed E-state index contributed by atoms with van der Waals surface area (Å²) in [6.07, 6.45) is -1.20. The number of ether oxygens (including phenoxy) is 1. The number of aliphatic hydroxyl groups is 2. The van der Waals surface area contributed by atoms with Gasteiger partial charge in [-0.2, -0.15) is 0 Å². The van der Waals surface area contributed by atoms with Crippen LogP contribution in [0.2, 0.25) is 0 Å². The average Bonchev–Trinajstić information content (AvgIpc) is 2.83. The van der Waals surface area contributed by atoms with Crippen LogP contribution in [0.25, 0.3) is 11.3 Å². The molecule has 0 aliphatic carbocycles. The van der Waals surface area contributed by atoms with Gasteiger partial charge in [0.1, 0.15) is 24.4 Å². The lowest BCUT2D eigenvalue weighted by molar-refractivity contribution is 0.0574. The molecule has 0 amide bonds. The van der Waals surface area contributed by atoms with Gasteiger partial charge in [0.05, 0.1) is 17.8 Å². The molecule has 6 nitrogen and oxygen atoms in total. The molecule has 23 heavy (non-hydrogen) atoms. The monoisotopic (exact) mass is 319 g/mol. The standard InChI is InChI=1S/C17H25N3O3/c1-4-23-10-13-19-14(16(18)21)15(12-8-6-5-7-9-12)20(13)11-17(2,3)22/h5-9,16,21-22H,4,10-11,18H2,1-3H3. The van der Waals surface area contributed by atoms with Crippen molar-refractivity contribution in [1.82, 2.24) is 9.55 Å². The van der Waals surface area contributed by atoms with Gasteiger partial charge in [0.25, 0.3) is 0 Å². The van der Waals surface area contributed by atoms with Crippen LogP contribution in [0.5, 0.6) is 0 Å². The lowest BCUT2D eigenvalue weighted by Gasteiger charge is -2.22. The Morgan fingerprint density at radius 1 is 1.30 bits per heavy atom. The number of rotatable bonds is 7. The summed E-state index contributed by atoms with van der Waals surface area (Å²) in [7, 11) is 0. The van der Waals surface area contributed by atoms with Gasteiger partial charge in [-0.15, -0.1) is 0 Å². The van der Waals surface area contributed by atoms with Gasteiger partial charge in [-0.05, 0) is 20.8 Å². The van der Waals surface area contributed by atoms with Gasteiger partial charge in [-0.3, -0.25) is 0 Å². The summed E-state index contributed by atoms with van der Waals surface area (Å²) >= 11 is 0. The summed E-state index contributed by atoms with van der Waals surface area (Å²) in [6.45, 7) is 6.52. The molecule has 0 radical (unpaired) electrons. The van der Waals surface area contributed by atoms with E-state index in [1.165, 1.54) is 0 Å². The second kappa shape index (κ2) is 7.23. The van der Waals surface area contributed by atoms with Gasteiger partial charge >= 0.3 is 0 Å². The summed E-state index contributed by atoms with van der Waals surface area (Å²) in [5, 5.41) is 20.2. The molecule has 4 N–H and O–H groups in total. The molecule has 2 aromatic rings. The van der Waals surface area contributed by atoms with E-state index in [0.717, 1.165) is 5.56 Å². The molecule has 6 heteroatoms. The Morgan fingerprint density at radius 3 is 2.48 bits per heavy atom. The molecule has 0 saturated heterocycles. The van der Waals surface area contributed by atoms with Crippen LogP contribution in [0, 0.1) is 0 Å². The van der Waals surface area contributed by atoms with E-state index in [-0.39, 0.29) is 0 Å². The Balaban J connectivity index is 2.61. The zero-order valence-electron chi connectivity index (χ0n) is 13.9. The topological polar surface area (TPSA) is 93.5 Å². The number of benzene rings is 1. The van der Waals surface area contributed by atoms with Gasteiger partial charge in [-0.25, -0.2) is 4.98 Å². The predicted molar refractivity (Wildman–Crippen MR) is 88.4 cm³/mol. The van der Waals surface area contributed by atoms with Crippen LogP contribution in [-0.2, 0) is 17.9 Å². The summed E-state index contributed by atoms with van der Waals surface area (Å²) in [5.41, 5.74) is 6.73. The summed E-state index contributed by atoms with van der Waals surface area (Å²) < 4.78 is 7.34. The van der Waals surface area contributed by atoms with Crippen molar-refractivity contribution in [3.8, 4) is 11.3 Å². The van der Waals surface area contributed by atoms with Crippen LogP contribution in [0.1, 0.15) is 38.5 Å². The van der Waals surface area contributed by atoms with E-state index in [1.54, 1.807) is 13.8 Å². The highest BCUT2D eigenvalue weighted by atomic mass is 16.5. The number of imidazole rings is 1. The van der Waals surface area contributed by atoms with Crippen molar-refractivity contribution in [2.24, 2.45) is 5.73 Å². The second-order valence-electron chi connectivity index (χ2n) is 6.11. The molecule has 2 rings (SSSR count). The second-order valence-corrected chi connectivity index (χ2v) is 6.11. The molecule has 0 fully saturated rings. The molecule has 0 bridgehead atoms. The number of nitrogens with two attached hydrogens (primary N) is 1. The summed E-state index contributed by atoms with van der Waals surface area (Å²) in [6, 6.07) is 9.58. The SMILES string of the molecule is CCOCc1nc(C(N)O)c(-c2ccccc2)n1CC(C)(C)O. The van der Waals surface area contributed by atoms with Gasteiger partial charge in [0, 0.05) is 12.2 Å². The summed E-state index contributed by atoms with van der Waals surface area (Å²) in [5.74, 6) is 0.632. The Kier molecular flexibility index (Phi) is 5.54. The number of aliphatic hydroxyl groups excluding tert-OH is 1. The van der Waals surface area contributed by atoms with E-state index in [0.29, 0.717) is 37.0 Å². The molecule has 1 aromatic carbocycles. The third kappa shape index (κ3) is 4.39. The predicted octanol–water partition coefficient (Wildman–Crippen LogP) is 1.81. The van der Waals surface area contributed by atoms with Crippen molar-refractivity contribution in [2.45, 2.75) is 45.8 Å². The van der Waals surface area contributed by atoms with Crippen molar-refractivity contribution in [3.05, 3.63) is 41.9 Å². The zero-order chi connectivity index (χ0) is 17.0. The van der Waals surface area contributed by atoms with Crippen molar-refractivity contribution in [3.63, 3.8) is 0 Å². The minimum Gasteiger partial charge on any atom is -0.389 e. The molecule has 1 aromatic heterocycles. The molecule has 1 atom stereocenters. The fraction of sp³-hybridized carbons (Fsp3) is 0.471. The van der Waals surface area contributed by atoms with Crippen molar-refractivity contribution in [1.29, 1.82) is 0 Å². The smallest absolute Gasteiger partial charge is 0.147 e. The molecule has 0 saturated carbocycles. The fourth-order valence-corrected chi connectivity index (χ4v) is 2.49. The highest BCUT2D eigenvalue weighted by Crippen LogP contribution is 2.29. The highest BCUT2D eigenvalue weighted by Gasteiger charge is 2.25. The zero-order valence-corrected chi connectivity index (χ0v) is 13.9. The third-order valence-electron chi connectivity index (χ3n) is 3.38. The first-order valence-electron chi connectivity index (χ1n) is 7.72. The highest BCUT2D eigenvalue weighted by molar-refractivity contribution is 5.63. The Hall–Kier alpha value is -1.73. The van der Waals surface area contributed by atoms with Crippen molar-refractivity contribution < 1.29 is 14.9 Å². The number of hydrogen-bond donors (Lipinski definition) is 3. The van der Waals surface area contributed by atoms with Gasteiger partial charge in [0.15, 0.2) is 0 Å². The van der Waals surface area contributed by atoms with E-state index < -0.39 is 11.8 Å². The number of nitrogens with zero attached hydrogens (tertiary/aromatic N) is 2. The Morgan fingerprint density at radius 2 is 1.96 bits per heavy atom. The maximum absolute atomic E-state index is 10.3. The first kappa shape index (κ1) is 17.6. The molecule has 0 spiro atoms. The lowest BCUT2D eigenvalue weighted by Crippen LogP contribution is -2.28.